The van der Waals surface area contributed by atoms with Crippen LogP contribution in [0.1, 0.15) is 19.8 Å². The molecule has 0 fully saturated rings. The van der Waals surface area contributed by atoms with Gasteiger partial charge in [0.15, 0.2) is 0 Å². The van der Waals surface area contributed by atoms with Gasteiger partial charge >= 0.3 is 5.97 Å². The average molecular weight is 175 g/mol. The Labute approximate surface area is 70.4 Å². The normalized spacial score (nSPS) is 12.2. The summed E-state index contributed by atoms with van der Waals surface area (Å²) in [6.45, 7) is 1.33. The maximum atomic E-state index is 10.8. The molecule has 3 N–H and O–H groups in total. The standard InChI is InChI=1S/C7H13NO4/c1-5(7(11)12)8-6(10)3-2-4-9/h5,9H,2-4H2,1H3,(H,8,10)(H,11,12)/t5-/m0/s1. The highest BCUT2D eigenvalue weighted by atomic mass is 16.4. The first-order valence-electron chi connectivity index (χ1n) is 3.71. The van der Waals surface area contributed by atoms with Gasteiger partial charge in [-0.2, -0.15) is 0 Å². The number of carboxylic acid groups (broad SMARTS) is 1. The Morgan fingerprint density at radius 1 is 1.50 bits per heavy atom. The number of hydrogen-bond acceptors (Lipinski definition) is 3. The number of aliphatic carboxylic acids is 1. The predicted octanol–water partition coefficient (Wildman–Crippen LogP) is -0.652. The van der Waals surface area contributed by atoms with Gasteiger partial charge in [-0.25, -0.2) is 0 Å². The van der Waals surface area contributed by atoms with Crippen LogP contribution in [0.4, 0.5) is 0 Å². The van der Waals surface area contributed by atoms with E-state index in [1.807, 2.05) is 0 Å². The summed E-state index contributed by atoms with van der Waals surface area (Å²) in [7, 11) is 0. The maximum Gasteiger partial charge on any atom is 0.325 e. The second-order valence-corrected chi connectivity index (χ2v) is 2.45. The quantitative estimate of drug-likeness (QED) is 0.518. The first-order chi connectivity index (χ1) is 5.57. The molecule has 0 heterocycles. The van der Waals surface area contributed by atoms with Crippen LogP contribution in [0.3, 0.4) is 0 Å². The Bertz CT molecular complexity index is 169. The molecule has 0 saturated heterocycles. The largest absolute Gasteiger partial charge is 0.480 e. The van der Waals surface area contributed by atoms with Gasteiger partial charge < -0.3 is 15.5 Å². The van der Waals surface area contributed by atoms with Gasteiger partial charge in [0, 0.05) is 13.0 Å². The van der Waals surface area contributed by atoms with Gasteiger partial charge in [-0.1, -0.05) is 0 Å². The first-order valence-corrected chi connectivity index (χ1v) is 3.71. The molecule has 0 bridgehead atoms. The zero-order valence-corrected chi connectivity index (χ0v) is 6.91. The molecular formula is C7H13NO4. The Hall–Kier alpha value is -1.10. The number of amides is 1. The molecule has 0 saturated carbocycles. The summed E-state index contributed by atoms with van der Waals surface area (Å²) in [5.41, 5.74) is 0. The van der Waals surface area contributed by atoms with E-state index in [2.05, 4.69) is 5.32 Å². The molecule has 0 aliphatic heterocycles. The summed E-state index contributed by atoms with van der Waals surface area (Å²) in [4.78, 5) is 21.1. The lowest BCUT2D eigenvalue weighted by molar-refractivity contribution is -0.141. The number of rotatable bonds is 5. The number of nitrogens with one attached hydrogen (secondary N) is 1. The van der Waals surface area contributed by atoms with Gasteiger partial charge in [0.1, 0.15) is 6.04 Å². The molecule has 70 valence electrons. The molecule has 1 atom stereocenters. The summed E-state index contributed by atoms with van der Waals surface area (Å²) >= 11 is 0. The molecule has 0 aliphatic rings. The Kier molecular flexibility index (Phi) is 5.03. The van der Waals surface area contributed by atoms with Gasteiger partial charge in [0.25, 0.3) is 0 Å². The molecule has 0 radical (unpaired) electrons. The second kappa shape index (κ2) is 5.54. The van der Waals surface area contributed by atoms with Crippen molar-refractivity contribution in [1.29, 1.82) is 0 Å². The molecular weight excluding hydrogens is 162 g/mol. The van der Waals surface area contributed by atoms with Crippen molar-refractivity contribution < 1.29 is 19.8 Å². The van der Waals surface area contributed by atoms with Gasteiger partial charge in [0.2, 0.25) is 5.91 Å². The van der Waals surface area contributed by atoms with Crippen molar-refractivity contribution >= 4 is 11.9 Å². The minimum atomic E-state index is -1.06. The third kappa shape index (κ3) is 4.68. The lowest BCUT2D eigenvalue weighted by Gasteiger charge is -2.07. The molecule has 0 aromatic heterocycles. The van der Waals surface area contributed by atoms with E-state index in [1.165, 1.54) is 6.92 Å². The fourth-order valence-electron chi connectivity index (χ4n) is 0.615. The highest BCUT2D eigenvalue weighted by Crippen LogP contribution is 1.89. The molecule has 0 spiro atoms. The fourth-order valence-corrected chi connectivity index (χ4v) is 0.615. The maximum absolute atomic E-state index is 10.8. The number of aliphatic hydroxyl groups excluding tert-OH is 1. The van der Waals surface area contributed by atoms with E-state index in [-0.39, 0.29) is 18.9 Å². The van der Waals surface area contributed by atoms with Crippen molar-refractivity contribution in [3.05, 3.63) is 0 Å². The summed E-state index contributed by atoms with van der Waals surface area (Å²) in [5.74, 6) is -1.41. The van der Waals surface area contributed by atoms with Crippen LogP contribution in [-0.4, -0.2) is 34.7 Å². The molecule has 5 heteroatoms. The van der Waals surface area contributed by atoms with Gasteiger partial charge in [0.05, 0.1) is 0 Å². The number of carboxylic acids is 1. The Balaban J connectivity index is 3.61. The van der Waals surface area contributed by atoms with Crippen LogP contribution in [0.5, 0.6) is 0 Å². The van der Waals surface area contributed by atoms with E-state index in [0.29, 0.717) is 6.42 Å². The van der Waals surface area contributed by atoms with Crippen LogP contribution in [0.15, 0.2) is 0 Å². The van der Waals surface area contributed by atoms with E-state index in [9.17, 15) is 9.59 Å². The lowest BCUT2D eigenvalue weighted by Crippen LogP contribution is -2.38. The third-order valence-corrected chi connectivity index (χ3v) is 1.31. The fraction of sp³-hybridized carbons (Fsp3) is 0.714. The van der Waals surface area contributed by atoms with Crippen LogP contribution in [-0.2, 0) is 9.59 Å². The summed E-state index contributed by atoms with van der Waals surface area (Å²) in [5, 5.41) is 19.0. The minimum absolute atomic E-state index is 0.0606. The third-order valence-electron chi connectivity index (χ3n) is 1.31. The number of carbonyl (C=O) groups is 2. The van der Waals surface area contributed by atoms with Crippen molar-refractivity contribution in [3.8, 4) is 0 Å². The van der Waals surface area contributed by atoms with E-state index >= 15 is 0 Å². The Morgan fingerprint density at radius 3 is 2.50 bits per heavy atom. The van der Waals surface area contributed by atoms with Crippen molar-refractivity contribution in [2.45, 2.75) is 25.8 Å². The summed E-state index contributed by atoms with van der Waals surface area (Å²) in [6, 6.07) is -0.865. The van der Waals surface area contributed by atoms with Crippen LogP contribution >= 0.6 is 0 Å². The smallest absolute Gasteiger partial charge is 0.325 e. The average Bonchev–Trinajstić information content (AvgIpc) is 2.00. The number of carbonyl (C=O) groups excluding carboxylic acids is 1. The zero-order valence-electron chi connectivity index (χ0n) is 6.91. The highest BCUT2D eigenvalue weighted by Gasteiger charge is 2.12. The zero-order chi connectivity index (χ0) is 9.56. The van der Waals surface area contributed by atoms with E-state index in [1.54, 1.807) is 0 Å². The molecule has 1 amide bonds. The van der Waals surface area contributed by atoms with Crippen LogP contribution < -0.4 is 5.32 Å². The van der Waals surface area contributed by atoms with Crippen LogP contribution in [0.2, 0.25) is 0 Å². The minimum Gasteiger partial charge on any atom is -0.480 e. The molecule has 0 aliphatic carbocycles. The summed E-state index contributed by atoms with van der Waals surface area (Å²) in [6.07, 6.45) is 0.520. The lowest BCUT2D eigenvalue weighted by atomic mass is 10.3. The second-order valence-electron chi connectivity index (χ2n) is 2.45. The van der Waals surface area contributed by atoms with E-state index in [0.717, 1.165) is 0 Å². The Morgan fingerprint density at radius 2 is 2.08 bits per heavy atom. The molecule has 12 heavy (non-hydrogen) atoms. The summed E-state index contributed by atoms with van der Waals surface area (Å²) < 4.78 is 0. The molecule has 0 unspecified atom stereocenters. The highest BCUT2D eigenvalue weighted by molar-refractivity contribution is 5.83. The molecule has 5 nitrogen and oxygen atoms in total. The van der Waals surface area contributed by atoms with Crippen molar-refractivity contribution in [2.24, 2.45) is 0 Å². The van der Waals surface area contributed by atoms with Gasteiger partial charge in [-0.15, -0.1) is 0 Å². The SMILES string of the molecule is C[C@H](NC(=O)CCCO)C(=O)O. The predicted molar refractivity (Wildman–Crippen MR) is 41.6 cm³/mol. The van der Waals surface area contributed by atoms with Gasteiger partial charge in [-0.3, -0.25) is 9.59 Å². The monoisotopic (exact) mass is 175 g/mol. The number of hydrogen-bond donors (Lipinski definition) is 3. The van der Waals surface area contributed by atoms with Crippen molar-refractivity contribution in [2.75, 3.05) is 6.61 Å². The van der Waals surface area contributed by atoms with Crippen molar-refractivity contribution in [1.82, 2.24) is 5.32 Å². The number of aliphatic hydroxyl groups is 1. The van der Waals surface area contributed by atoms with Crippen LogP contribution in [0, 0.1) is 0 Å². The van der Waals surface area contributed by atoms with E-state index < -0.39 is 12.0 Å². The molecule has 0 rings (SSSR count). The van der Waals surface area contributed by atoms with Gasteiger partial charge in [-0.05, 0) is 13.3 Å². The first kappa shape index (κ1) is 10.9. The van der Waals surface area contributed by atoms with Crippen LogP contribution in [0.25, 0.3) is 0 Å². The van der Waals surface area contributed by atoms with E-state index in [4.69, 9.17) is 10.2 Å². The topological polar surface area (TPSA) is 86.6 Å². The van der Waals surface area contributed by atoms with Crippen molar-refractivity contribution in [3.63, 3.8) is 0 Å². The molecule has 0 aromatic rings. The molecule has 0 aromatic carbocycles.